The smallest absolute Gasteiger partial charge is 0.321 e. The Morgan fingerprint density at radius 1 is 1.14 bits per heavy atom. The van der Waals surface area contributed by atoms with Gasteiger partial charge >= 0.3 is 6.03 Å². The third-order valence-corrected chi connectivity index (χ3v) is 5.10. The largest absolute Gasteiger partial charge is 0.497 e. The molecule has 1 aromatic heterocycles. The first-order valence-electron chi connectivity index (χ1n) is 8.27. The molecule has 0 aliphatic carbocycles. The van der Waals surface area contributed by atoms with E-state index in [1.54, 1.807) is 25.3 Å². The Labute approximate surface area is 171 Å². The summed E-state index contributed by atoms with van der Waals surface area (Å²) in [6.45, 7) is 5.64. The van der Waals surface area contributed by atoms with Gasteiger partial charge < -0.3 is 20.1 Å². The third kappa shape index (κ3) is 6.89. The zero-order valence-corrected chi connectivity index (χ0v) is 17.9. The lowest BCUT2D eigenvalue weighted by Gasteiger charge is -2.19. The molecule has 0 atom stereocenters. The highest BCUT2D eigenvalue weighted by molar-refractivity contribution is 8.01. The molecule has 152 valence electrons. The second-order valence-electron chi connectivity index (χ2n) is 6.61. The maximum atomic E-state index is 12.2. The second-order valence-corrected chi connectivity index (χ2v) is 8.81. The van der Waals surface area contributed by atoms with Crippen LogP contribution < -0.4 is 25.4 Å². The molecule has 3 N–H and O–H groups in total. The molecule has 0 aliphatic rings. The number of carbonyl (C=O) groups excluding carboxylic acids is 2. The zero-order valence-electron chi connectivity index (χ0n) is 16.3. The van der Waals surface area contributed by atoms with Crippen molar-refractivity contribution >= 4 is 45.9 Å². The molecule has 0 unspecified atom stereocenters. The SMILES string of the molecule is COc1ccc(NC(=O)CSc2nnc(NC(=O)NC(C)(C)C)s2)c(OC)c1. The summed E-state index contributed by atoms with van der Waals surface area (Å²) < 4.78 is 11.0. The van der Waals surface area contributed by atoms with E-state index in [1.165, 1.54) is 30.2 Å². The Morgan fingerprint density at radius 2 is 1.89 bits per heavy atom. The van der Waals surface area contributed by atoms with Crippen molar-refractivity contribution in [3.05, 3.63) is 18.2 Å². The van der Waals surface area contributed by atoms with Crippen LogP contribution in [0.4, 0.5) is 15.6 Å². The van der Waals surface area contributed by atoms with E-state index in [2.05, 4.69) is 26.1 Å². The minimum absolute atomic E-state index is 0.137. The Morgan fingerprint density at radius 3 is 2.54 bits per heavy atom. The van der Waals surface area contributed by atoms with Gasteiger partial charge in [0.2, 0.25) is 11.0 Å². The molecule has 2 aromatic rings. The van der Waals surface area contributed by atoms with Crippen molar-refractivity contribution in [2.75, 3.05) is 30.6 Å². The highest BCUT2D eigenvalue weighted by Gasteiger charge is 2.16. The number of thioether (sulfide) groups is 1. The van der Waals surface area contributed by atoms with E-state index in [9.17, 15) is 9.59 Å². The first-order chi connectivity index (χ1) is 13.2. The molecule has 0 saturated carbocycles. The normalized spacial score (nSPS) is 10.9. The number of nitrogens with zero attached hydrogens (tertiary/aromatic N) is 2. The summed E-state index contributed by atoms with van der Waals surface area (Å²) in [5.41, 5.74) is 0.194. The quantitative estimate of drug-likeness (QED) is 0.461. The summed E-state index contributed by atoms with van der Waals surface area (Å²) in [5.74, 6) is 1.06. The third-order valence-electron chi connectivity index (χ3n) is 3.12. The molecule has 0 radical (unpaired) electrons. The lowest BCUT2D eigenvalue weighted by atomic mass is 10.1. The summed E-state index contributed by atoms with van der Waals surface area (Å²) in [6, 6.07) is 4.77. The van der Waals surface area contributed by atoms with Crippen LogP contribution in [0.5, 0.6) is 11.5 Å². The van der Waals surface area contributed by atoms with Gasteiger partial charge in [0.15, 0.2) is 4.34 Å². The zero-order chi connectivity index (χ0) is 20.7. The predicted molar refractivity (Wildman–Crippen MR) is 111 cm³/mol. The van der Waals surface area contributed by atoms with E-state index in [-0.39, 0.29) is 23.2 Å². The molecular formula is C17H23N5O4S2. The molecule has 0 spiro atoms. The van der Waals surface area contributed by atoms with E-state index < -0.39 is 0 Å². The standard InChI is InChI=1S/C17H23N5O4S2/c1-17(2,3)20-14(24)19-15-21-22-16(28-15)27-9-13(23)18-11-7-6-10(25-4)8-12(11)26-5/h6-8H,9H2,1-5H3,(H,18,23)(H2,19,20,21,24). The van der Waals surface area contributed by atoms with Crippen molar-refractivity contribution in [1.82, 2.24) is 15.5 Å². The molecular weight excluding hydrogens is 402 g/mol. The number of amides is 3. The van der Waals surface area contributed by atoms with Crippen molar-refractivity contribution in [3.8, 4) is 11.5 Å². The Balaban J connectivity index is 1.87. The summed E-state index contributed by atoms with van der Waals surface area (Å²) in [7, 11) is 3.08. The lowest BCUT2D eigenvalue weighted by molar-refractivity contribution is -0.113. The number of ether oxygens (including phenoxy) is 2. The molecule has 3 amide bonds. The van der Waals surface area contributed by atoms with Crippen LogP contribution >= 0.6 is 23.1 Å². The number of rotatable bonds is 7. The van der Waals surface area contributed by atoms with Crippen LogP contribution in [0.3, 0.4) is 0 Å². The minimum Gasteiger partial charge on any atom is -0.497 e. The number of anilines is 2. The molecule has 1 aromatic carbocycles. The molecule has 9 nitrogen and oxygen atoms in total. The van der Waals surface area contributed by atoms with Crippen LogP contribution in [0.1, 0.15) is 20.8 Å². The van der Waals surface area contributed by atoms with Crippen LogP contribution in [-0.2, 0) is 4.79 Å². The van der Waals surface area contributed by atoms with Crippen LogP contribution in [0, 0.1) is 0 Å². The number of nitrogens with one attached hydrogen (secondary N) is 3. The van der Waals surface area contributed by atoms with E-state index in [1.807, 2.05) is 20.8 Å². The van der Waals surface area contributed by atoms with Crippen LogP contribution in [-0.4, -0.2) is 47.6 Å². The van der Waals surface area contributed by atoms with E-state index >= 15 is 0 Å². The Bertz CT molecular complexity index is 835. The number of hydrogen-bond donors (Lipinski definition) is 3. The second kappa shape index (κ2) is 9.60. The Kier molecular flexibility index (Phi) is 7.46. The molecule has 0 saturated heterocycles. The van der Waals surface area contributed by atoms with Crippen molar-refractivity contribution in [2.24, 2.45) is 0 Å². The van der Waals surface area contributed by atoms with Gasteiger partial charge in [-0.05, 0) is 32.9 Å². The maximum absolute atomic E-state index is 12.2. The number of aromatic nitrogens is 2. The van der Waals surface area contributed by atoms with Crippen molar-refractivity contribution in [3.63, 3.8) is 0 Å². The van der Waals surface area contributed by atoms with Gasteiger partial charge in [0, 0.05) is 11.6 Å². The van der Waals surface area contributed by atoms with Crippen molar-refractivity contribution in [1.29, 1.82) is 0 Å². The van der Waals surface area contributed by atoms with Gasteiger partial charge in [-0.25, -0.2) is 4.79 Å². The highest BCUT2D eigenvalue weighted by atomic mass is 32.2. The molecule has 0 bridgehead atoms. The van der Waals surface area contributed by atoms with Gasteiger partial charge in [-0.1, -0.05) is 23.1 Å². The average Bonchev–Trinajstić information content (AvgIpc) is 3.05. The number of benzene rings is 1. The van der Waals surface area contributed by atoms with Gasteiger partial charge in [-0.2, -0.15) is 0 Å². The molecule has 11 heteroatoms. The molecule has 2 rings (SSSR count). The minimum atomic E-state index is -0.357. The van der Waals surface area contributed by atoms with Crippen molar-refractivity contribution < 1.29 is 19.1 Å². The topological polar surface area (TPSA) is 114 Å². The van der Waals surface area contributed by atoms with Crippen LogP contribution in [0.25, 0.3) is 0 Å². The first kappa shape index (κ1) is 21.8. The molecule has 0 aliphatic heterocycles. The highest BCUT2D eigenvalue weighted by Crippen LogP contribution is 2.30. The number of methoxy groups -OCH3 is 2. The lowest BCUT2D eigenvalue weighted by Crippen LogP contribution is -2.43. The van der Waals surface area contributed by atoms with E-state index in [0.29, 0.717) is 26.7 Å². The first-order valence-corrected chi connectivity index (χ1v) is 10.1. The van der Waals surface area contributed by atoms with Gasteiger partial charge in [0.05, 0.1) is 25.7 Å². The van der Waals surface area contributed by atoms with Gasteiger partial charge in [-0.15, -0.1) is 10.2 Å². The van der Waals surface area contributed by atoms with E-state index in [4.69, 9.17) is 9.47 Å². The van der Waals surface area contributed by atoms with Crippen LogP contribution in [0.2, 0.25) is 0 Å². The fraction of sp³-hybridized carbons (Fsp3) is 0.412. The van der Waals surface area contributed by atoms with Gasteiger partial charge in [-0.3, -0.25) is 10.1 Å². The number of hydrogen-bond acceptors (Lipinski definition) is 8. The Hall–Kier alpha value is -2.53. The summed E-state index contributed by atoms with van der Waals surface area (Å²) in [5, 5.41) is 16.4. The fourth-order valence-corrected chi connectivity index (χ4v) is 3.55. The number of urea groups is 1. The van der Waals surface area contributed by atoms with Gasteiger partial charge in [0.1, 0.15) is 11.5 Å². The average molecular weight is 426 g/mol. The maximum Gasteiger partial charge on any atom is 0.321 e. The molecule has 28 heavy (non-hydrogen) atoms. The number of carbonyl (C=O) groups is 2. The molecule has 1 heterocycles. The van der Waals surface area contributed by atoms with Crippen LogP contribution in [0.15, 0.2) is 22.5 Å². The van der Waals surface area contributed by atoms with Gasteiger partial charge in [0.25, 0.3) is 0 Å². The fourth-order valence-electron chi connectivity index (χ4n) is 2.00. The van der Waals surface area contributed by atoms with Crippen molar-refractivity contribution in [2.45, 2.75) is 30.6 Å². The van der Waals surface area contributed by atoms with E-state index in [0.717, 1.165) is 0 Å². The summed E-state index contributed by atoms with van der Waals surface area (Å²) in [6.07, 6.45) is 0. The predicted octanol–water partition coefficient (Wildman–Crippen LogP) is 3.21. The molecule has 0 fully saturated rings. The monoisotopic (exact) mass is 425 g/mol. The summed E-state index contributed by atoms with van der Waals surface area (Å²) in [4.78, 5) is 24.0. The summed E-state index contributed by atoms with van der Waals surface area (Å²) >= 11 is 2.42.